The molecule has 0 bridgehead atoms. The van der Waals surface area contributed by atoms with E-state index in [0.717, 1.165) is 0 Å². The van der Waals surface area contributed by atoms with Crippen molar-refractivity contribution in [2.75, 3.05) is 23.1 Å². The van der Waals surface area contributed by atoms with Gasteiger partial charge in [0.25, 0.3) is 0 Å². The smallest absolute Gasteiger partial charge is 0.148 e. The SMILES string of the molecule is CC(CS(C)=O)Nc1cccc(F)c1N. The average molecular weight is 230 g/mol. The van der Waals surface area contributed by atoms with E-state index in [-0.39, 0.29) is 11.7 Å². The molecule has 84 valence electrons. The molecule has 0 aromatic heterocycles. The summed E-state index contributed by atoms with van der Waals surface area (Å²) >= 11 is 0. The number of nitrogens with two attached hydrogens (primary N) is 1. The fourth-order valence-electron chi connectivity index (χ4n) is 1.32. The summed E-state index contributed by atoms with van der Waals surface area (Å²) in [6.07, 6.45) is 1.63. The second-order valence-electron chi connectivity index (χ2n) is 3.49. The fourth-order valence-corrected chi connectivity index (χ4v) is 2.11. The van der Waals surface area contributed by atoms with Crippen LogP contribution < -0.4 is 11.1 Å². The van der Waals surface area contributed by atoms with Crippen LogP contribution in [0.15, 0.2) is 18.2 Å². The lowest BCUT2D eigenvalue weighted by Crippen LogP contribution is -2.23. The van der Waals surface area contributed by atoms with Crippen molar-refractivity contribution in [1.82, 2.24) is 0 Å². The summed E-state index contributed by atoms with van der Waals surface area (Å²) in [5.41, 5.74) is 6.20. The zero-order valence-electron chi connectivity index (χ0n) is 8.79. The van der Waals surface area contributed by atoms with Gasteiger partial charge in [-0.1, -0.05) is 6.07 Å². The normalized spacial score (nSPS) is 14.6. The van der Waals surface area contributed by atoms with E-state index < -0.39 is 16.6 Å². The maximum absolute atomic E-state index is 13.1. The first-order valence-electron chi connectivity index (χ1n) is 4.61. The molecule has 1 aromatic rings. The molecule has 3 nitrogen and oxygen atoms in total. The van der Waals surface area contributed by atoms with Crippen LogP contribution in [0.3, 0.4) is 0 Å². The second-order valence-corrected chi connectivity index (χ2v) is 4.97. The molecule has 2 atom stereocenters. The van der Waals surface area contributed by atoms with Gasteiger partial charge >= 0.3 is 0 Å². The maximum Gasteiger partial charge on any atom is 0.148 e. The number of para-hydroxylation sites is 1. The van der Waals surface area contributed by atoms with Crippen molar-refractivity contribution >= 4 is 22.2 Å². The molecule has 5 heteroatoms. The van der Waals surface area contributed by atoms with E-state index in [2.05, 4.69) is 5.32 Å². The Morgan fingerprint density at radius 1 is 1.60 bits per heavy atom. The fraction of sp³-hybridized carbons (Fsp3) is 0.400. The molecule has 0 aliphatic carbocycles. The van der Waals surface area contributed by atoms with Crippen LogP contribution in [0.4, 0.5) is 15.8 Å². The van der Waals surface area contributed by atoms with Gasteiger partial charge in [0.15, 0.2) is 0 Å². The number of hydrogen-bond donors (Lipinski definition) is 2. The van der Waals surface area contributed by atoms with Crippen molar-refractivity contribution < 1.29 is 8.60 Å². The zero-order valence-corrected chi connectivity index (χ0v) is 9.60. The molecule has 1 aromatic carbocycles. The van der Waals surface area contributed by atoms with Crippen molar-refractivity contribution in [2.24, 2.45) is 0 Å². The summed E-state index contributed by atoms with van der Waals surface area (Å²) in [7, 11) is -0.878. The topological polar surface area (TPSA) is 55.1 Å². The number of halogens is 1. The maximum atomic E-state index is 13.1. The molecule has 0 saturated carbocycles. The summed E-state index contributed by atoms with van der Waals surface area (Å²) in [5.74, 6) is 0.0699. The Kier molecular flexibility index (Phi) is 4.08. The van der Waals surface area contributed by atoms with Gasteiger partial charge in [0.2, 0.25) is 0 Å². The third-order valence-corrected chi connectivity index (χ3v) is 2.91. The molecule has 0 aliphatic heterocycles. The lowest BCUT2D eigenvalue weighted by Gasteiger charge is -2.15. The Hall–Kier alpha value is -1.10. The van der Waals surface area contributed by atoms with Gasteiger partial charge in [-0.15, -0.1) is 0 Å². The molecule has 3 N–H and O–H groups in total. The predicted molar refractivity (Wildman–Crippen MR) is 62.8 cm³/mol. The van der Waals surface area contributed by atoms with Crippen LogP contribution >= 0.6 is 0 Å². The summed E-state index contributed by atoms with van der Waals surface area (Å²) in [6.45, 7) is 1.88. The van der Waals surface area contributed by atoms with Gasteiger partial charge in [0.05, 0.1) is 11.4 Å². The Morgan fingerprint density at radius 2 is 2.27 bits per heavy atom. The third-order valence-electron chi connectivity index (χ3n) is 1.94. The van der Waals surface area contributed by atoms with E-state index in [4.69, 9.17) is 5.73 Å². The van der Waals surface area contributed by atoms with Crippen LogP contribution in [0, 0.1) is 5.82 Å². The molecule has 0 amide bonds. The number of benzene rings is 1. The van der Waals surface area contributed by atoms with E-state index in [9.17, 15) is 8.60 Å². The molecule has 1 rings (SSSR count). The van der Waals surface area contributed by atoms with Crippen LogP contribution in [0.25, 0.3) is 0 Å². The Bertz CT molecular complexity index is 370. The van der Waals surface area contributed by atoms with Gasteiger partial charge in [-0.3, -0.25) is 4.21 Å². The van der Waals surface area contributed by atoms with E-state index in [1.807, 2.05) is 6.92 Å². The average Bonchev–Trinajstić information content (AvgIpc) is 2.11. The number of hydrogen-bond acceptors (Lipinski definition) is 3. The lowest BCUT2D eigenvalue weighted by atomic mass is 10.2. The van der Waals surface area contributed by atoms with Crippen LogP contribution in [0.1, 0.15) is 6.92 Å². The molecule has 15 heavy (non-hydrogen) atoms. The van der Waals surface area contributed by atoms with Crippen LogP contribution in [0.5, 0.6) is 0 Å². The molecular weight excluding hydrogens is 215 g/mol. The standard InChI is InChI=1S/C10H15FN2OS/c1-7(6-15(2)14)13-9-5-3-4-8(11)10(9)12/h3-5,7,13H,6,12H2,1-2H3. The number of nitrogens with one attached hydrogen (secondary N) is 1. The third kappa shape index (κ3) is 3.51. The highest BCUT2D eigenvalue weighted by Gasteiger charge is 2.08. The van der Waals surface area contributed by atoms with Gasteiger partial charge in [-0.05, 0) is 19.1 Å². The summed E-state index contributed by atoms with van der Waals surface area (Å²) < 4.78 is 24.0. The van der Waals surface area contributed by atoms with Crippen molar-refractivity contribution in [3.05, 3.63) is 24.0 Å². The zero-order chi connectivity index (χ0) is 11.4. The molecule has 0 saturated heterocycles. The molecule has 0 radical (unpaired) electrons. The molecule has 0 aliphatic rings. The van der Waals surface area contributed by atoms with Crippen molar-refractivity contribution in [3.8, 4) is 0 Å². The van der Waals surface area contributed by atoms with Crippen LogP contribution in [-0.4, -0.2) is 22.3 Å². The molecule has 2 unspecified atom stereocenters. The first kappa shape index (κ1) is 12.0. The van der Waals surface area contributed by atoms with Gasteiger partial charge < -0.3 is 11.1 Å². The minimum absolute atomic E-state index is 0.0000617. The van der Waals surface area contributed by atoms with Crippen molar-refractivity contribution in [3.63, 3.8) is 0 Å². The van der Waals surface area contributed by atoms with Gasteiger partial charge in [0, 0.05) is 28.9 Å². The predicted octanol–water partition coefficient (Wildman–Crippen LogP) is 1.59. The summed E-state index contributed by atoms with van der Waals surface area (Å²) in [5, 5.41) is 3.02. The largest absolute Gasteiger partial charge is 0.395 e. The van der Waals surface area contributed by atoms with Crippen LogP contribution in [-0.2, 0) is 10.8 Å². The van der Waals surface area contributed by atoms with Crippen molar-refractivity contribution in [1.29, 1.82) is 0 Å². The van der Waals surface area contributed by atoms with Gasteiger partial charge in [0.1, 0.15) is 5.82 Å². The van der Waals surface area contributed by atoms with Gasteiger partial charge in [-0.25, -0.2) is 4.39 Å². The van der Waals surface area contributed by atoms with E-state index >= 15 is 0 Å². The highest BCUT2D eigenvalue weighted by atomic mass is 32.2. The summed E-state index contributed by atoms with van der Waals surface area (Å²) in [4.78, 5) is 0. The Labute approximate surface area is 91.3 Å². The second kappa shape index (κ2) is 5.11. The monoisotopic (exact) mass is 230 g/mol. The molecule has 0 fully saturated rings. The molecule has 0 heterocycles. The van der Waals surface area contributed by atoms with E-state index in [1.54, 1.807) is 18.4 Å². The minimum Gasteiger partial charge on any atom is -0.395 e. The minimum atomic E-state index is -0.878. The van der Waals surface area contributed by atoms with Crippen LogP contribution in [0.2, 0.25) is 0 Å². The summed E-state index contributed by atoms with van der Waals surface area (Å²) in [6, 6.07) is 4.60. The van der Waals surface area contributed by atoms with Gasteiger partial charge in [-0.2, -0.15) is 0 Å². The number of rotatable bonds is 4. The van der Waals surface area contributed by atoms with E-state index in [1.165, 1.54) is 6.07 Å². The number of anilines is 2. The number of nitrogen functional groups attached to an aromatic ring is 1. The molecular formula is C10H15FN2OS. The quantitative estimate of drug-likeness (QED) is 0.772. The van der Waals surface area contributed by atoms with Crippen molar-refractivity contribution in [2.45, 2.75) is 13.0 Å². The Morgan fingerprint density at radius 3 is 2.87 bits per heavy atom. The highest BCUT2D eigenvalue weighted by molar-refractivity contribution is 7.84. The molecule has 0 spiro atoms. The Balaban J connectivity index is 2.72. The first-order chi connectivity index (χ1) is 7.00. The first-order valence-corrected chi connectivity index (χ1v) is 6.34. The lowest BCUT2D eigenvalue weighted by molar-refractivity contribution is 0.632. The highest BCUT2D eigenvalue weighted by Crippen LogP contribution is 2.21. The van der Waals surface area contributed by atoms with E-state index in [0.29, 0.717) is 11.4 Å².